The standard InChI is InChI=1S/C20H26N2O3S/c23-18(14-6-2-1-3-7-14)21-19-17(15-8-4-5-9-16(15)26-19)20(24)22-10-12-25-13-11-22/h1-2,14H,3-13H2,(H,21,23). The second-order valence-corrected chi connectivity index (χ2v) is 8.40. The largest absolute Gasteiger partial charge is 0.378 e. The first kappa shape index (κ1) is 17.7. The Balaban J connectivity index is 1.60. The molecular formula is C20H26N2O3S. The number of amides is 2. The van der Waals surface area contributed by atoms with Crippen molar-refractivity contribution < 1.29 is 14.3 Å². The Bertz CT molecular complexity index is 719. The molecule has 5 nitrogen and oxygen atoms in total. The maximum absolute atomic E-state index is 13.2. The number of anilines is 1. The predicted octanol–water partition coefficient (Wildman–Crippen LogP) is 3.39. The number of hydrogen-bond acceptors (Lipinski definition) is 4. The predicted molar refractivity (Wildman–Crippen MR) is 103 cm³/mol. The van der Waals surface area contributed by atoms with Gasteiger partial charge in [0.2, 0.25) is 5.91 Å². The number of carbonyl (C=O) groups excluding carboxylic acids is 2. The second-order valence-electron chi connectivity index (χ2n) is 7.29. The highest BCUT2D eigenvalue weighted by Gasteiger charge is 2.31. The summed E-state index contributed by atoms with van der Waals surface area (Å²) < 4.78 is 5.39. The first-order chi connectivity index (χ1) is 12.7. The SMILES string of the molecule is O=C(Nc1sc2c(c1C(=O)N1CCOCC1)CCCC2)C1CC=CCC1. The van der Waals surface area contributed by atoms with Crippen LogP contribution in [-0.4, -0.2) is 43.0 Å². The highest BCUT2D eigenvalue weighted by Crippen LogP contribution is 2.39. The molecule has 0 radical (unpaired) electrons. The van der Waals surface area contributed by atoms with Gasteiger partial charge in [-0.05, 0) is 50.5 Å². The van der Waals surface area contributed by atoms with Crippen molar-refractivity contribution in [3.05, 3.63) is 28.2 Å². The molecule has 0 bridgehead atoms. The van der Waals surface area contributed by atoms with Crippen LogP contribution in [0.5, 0.6) is 0 Å². The molecule has 1 aliphatic heterocycles. The van der Waals surface area contributed by atoms with E-state index in [0.717, 1.165) is 49.1 Å². The monoisotopic (exact) mass is 374 g/mol. The topological polar surface area (TPSA) is 58.6 Å². The fraction of sp³-hybridized carbons (Fsp3) is 0.600. The number of thiophene rings is 1. The van der Waals surface area contributed by atoms with Crippen LogP contribution in [0.4, 0.5) is 5.00 Å². The highest BCUT2D eigenvalue weighted by atomic mass is 32.1. The minimum absolute atomic E-state index is 0.0190. The molecule has 2 amide bonds. The molecule has 2 aliphatic carbocycles. The number of nitrogens with zero attached hydrogens (tertiary/aromatic N) is 1. The van der Waals surface area contributed by atoms with E-state index < -0.39 is 0 Å². The molecule has 3 aliphatic rings. The lowest BCUT2D eigenvalue weighted by atomic mass is 9.93. The Kier molecular flexibility index (Phi) is 5.41. The van der Waals surface area contributed by atoms with Crippen molar-refractivity contribution in [3.8, 4) is 0 Å². The van der Waals surface area contributed by atoms with E-state index >= 15 is 0 Å². The van der Waals surface area contributed by atoms with Crippen LogP contribution in [0.2, 0.25) is 0 Å². The number of nitrogens with one attached hydrogen (secondary N) is 1. The summed E-state index contributed by atoms with van der Waals surface area (Å²) in [5.41, 5.74) is 1.93. The highest BCUT2D eigenvalue weighted by molar-refractivity contribution is 7.17. The lowest BCUT2D eigenvalue weighted by Gasteiger charge is -2.28. The minimum atomic E-state index is 0.0190. The third kappa shape index (κ3) is 3.58. The van der Waals surface area contributed by atoms with Crippen LogP contribution in [0.15, 0.2) is 12.2 Å². The van der Waals surface area contributed by atoms with E-state index in [2.05, 4.69) is 17.5 Å². The molecule has 4 rings (SSSR count). The van der Waals surface area contributed by atoms with E-state index in [1.165, 1.54) is 16.9 Å². The van der Waals surface area contributed by atoms with Crippen molar-refractivity contribution >= 4 is 28.2 Å². The van der Waals surface area contributed by atoms with Gasteiger partial charge in [0.25, 0.3) is 5.91 Å². The molecule has 140 valence electrons. The molecule has 0 aromatic carbocycles. The van der Waals surface area contributed by atoms with E-state index in [0.29, 0.717) is 26.3 Å². The molecule has 1 fully saturated rings. The number of carbonyl (C=O) groups is 2. The van der Waals surface area contributed by atoms with E-state index in [9.17, 15) is 9.59 Å². The zero-order valence-electron chi connectivity index (χ0n) is 15.1. The van der Waals surface area contributed by atoms with Crippen molar-refractivity contribution in [3.63, 3.8) is 0 Å². The van der Waals surface area contributed by atoms with Crippen LogP contribution in [0.1, 0.15) is 52.9 Å². The molecule has 1 saturated heterocycles. The summed E-state index contributed by atoms with van der Waals surface area (Å²) in [5.74, 6) is 0.140. The lowest BCUT2D eigenvalue weighted by Crippen LogP contribution is -2.41. The van der Waals surface area contributed by atoms with Gasteiger partial charge in [-0.1, -0.05) is 12.2 Å². The first-order valence-corrected chi connectivity index (χ1v) is 10.5. The van der Waals surface area contributed by atoms with Crippen LogP contribution < -0.4 is 5.32 Å². The number of rotatable bonds is 3. The van der Waals surface area contributed by atoms with Crippen LogP contribution in [0, 0.1) is 5.92 Å². The molecule has 1 aromatic rings. The van der Waals surface area contributed by atoms with Crippen LogP contribution in [0.25, 0.3) is 0 Å². The summed E-state index contributed by atoms with van der Waals surface area (Å²) in [6.45, 7) is 2.44. The van der Waals surface area contributed by atoms with Crippen molar-refractivity contribution in [2.45, 2.75) is 44.9 Å². The summed E-state index contributed by atoms with van der Waals surface area (Å²) in [4.78, 5) is 29.1. The Labute approximate surface area is 158 Å². The van der Waals surface area contributed by atoms with Gasteiger partial charge in [-0.2, -0.15) is 0 Å². The third-order valence-electron chi connectivity index (χ3n) is 5.56. The third-order valence-corrected chi connectivity index (χ3v) is 6.77. The van der Waals surface area contributed by atoms with Gasteiger partial charge in [0, 0.05) is 23.9 Å². The quantitative estimate of drug-likeness (QED) is 0.825. The van der Waals surface area contributed by atoms with Gasteiger partial charge in [-0.15, -0.1) is 11.3 Å². The van der Waals surface area contributed by atoms with Gasteiger partial charge < -0.3 is 15.0 Å². The molecule has 6 heteroatoms. The molecule has 2 heterocycles. The summed E-state index contributed by atoms with van der Waals surface area (Å²) in [6.07, 6.45) is 11.1. The summed E-state index contributed by atoms with van der Waals surface area (Å²) in [5, 5.41) is 3.90. The molecule has 1 unspecified atom stereocenters. The average Bonchev–Trinajstić information content (AvgIpc) is 3.06. The first-order valence-electron chi connectivity index (χ1n) is 9.71. The van der Waals surface area contributed by atoms with Gasteiger partial charge in [-0.3, -0.25) is 9.59 Å². The molecule has 1 atom stereocenters. The minimum Gasteiger partial charge on any atom is -0.378 e. The van der Waals surface area contributed by atoms with Crippen molar-refractivity contribution in [1.29, 1.82) is 0 Å². The molecule has 0 spiro atoms. The molecule has 1 N–H and O–H groups in total. The van der Waals surface area contributed by atoms with E-state index in [1.807, 2.05) is 4.90 Å². The smallest absolute Gasteiger partial charge is 0.257 e. The molecule has 26 heavy (non-hydrogen) atoms. The summed E-state index contributed by atoms with van der Waals surface area (Å²) in [7, 11) is 0. The van der Waals surface area contributed by atoms with Crippen LogP contribution in [-0.2, 0) is 22.4 Å². The summed E-state index contributed by atoms with van der Waals surface area (Å²) >= 11 is 1.62. The van der Waals surface area contributed by atoms with Crippen molar-refractivity contribution in [1.82, 2.24) is 4.90 Å². The van der Waals surface area contributed by atoms with Gasteiger partial charge in [-0.25, -0.2) is 0 Å². The molecule has 0 saturated carbocycles. The molecule has 1 aromatic heterocycles. The maximum atomic E-state index is 13.2. The van der Waals surface area contributed by atoms with Crippen LogP contribution in [0.3, 0.4) is 0 Å². The fourth-order valence-corrected chi connectivity index (χ4v) is 5.33. The number of allylic oxidation sites excluding steroid dienone is 2. The van der Waals surface area contributed by atoms with Crippen molar-refractivity contribution in [2.24, 2.45) is 5.92 Å². The average molecular weight is 375 g/mol. The Morgan fingerprint density at radius 1 is 1.15 bits per heavy atom. The van der Waals surface area contributed by atoms with Gasteiger partial charge in [0.1, 0.15) is 5.00 Å². The van der Waals surface area contributed by atoms with E-state index in [1.54, 1.807) is 11.3 Å². The number of ether oxygens (including phenoxy) is 1. The number of morpholine rings is 1. The lowest BCUT2D eigenvalue weighted by molar-refractivity contribution is -0.120. The molecular weight excluding hydrogens is 348 g/mol. The van der Waals surface area contributed by atoms with E-state index in [-0.39, 0.29) is 17.7 Å². The fourth-order valence-electron chi connectivity index (χ4n) is 4.05. The van der Waals surface area contributed by atoms with Crippen LogP contribution >= 0.6 is 11.3 Å². The Hall–Kier alpha value is -1.66. The normalized spacial score (nSPS) is 22.8. The maximum Gasteiger partial charge on any atom is 0.257 e. The zero-order valence-corrected chi connectivity index (χ0v) is 15.9. The number of aryl methyl sites for hydroxylation is 1. The van der Waals surface area contributed by atoms with E-state index in [4.69, 9.17) is 4.74 Å². The van der Waals surface area contributed by atoms with Gasteiger partial charge >= 0.3 is 0 Å². The Morgan fingerprint density at radius 2 is 1.96 bits per heavy atom. The Morgan fingerprint density at radius 3 is 2.73 bits per heavy atom. The summed E-state index contributed by atoms with van der Waals surface area (Å²) in [6, 6.07) is 0. The van der Waals surface area contributed by atoms with Gasteiger partial charge in [0.05, 0.1) is 18.8 Å². The number of fused-ring (bicyclic) bond motifs is 1. The second kappa shape index (κ2) is 7.92. The van der Waals surface area contributed by atoms with Crippen molar-refractivity contribution in [2.75, 3.05) is 31.6 Å². The van der Waals surface area contributed by atoms with Gasteiger partial charge in [0.15, 0.2) is 0 Å². The number of hydrogen-bond donors (Lipinski definition) is 1. The zero-order chi connectivity index (χ0) is 17.9.